The minimum Gasteiger partial charge on any atom is -0.330 e. The molecule has 0 heterocycles. The van der Waals surface area contributed by atoms with Crippen LogP contribution in [0.1, 0.15) is 39.3 Å². The molecule has 0 spiro atoms. The Balaban J connectivity index is 2.87. The Kier molecular flexibility index (Phi) is 5.36. The van der Waals surface area contributed by atoms with Crippen molar-refractivity contribution in [2.45, 2.75) is 33.7 Å². The molecule has 1 unspecified atom stereocenters. The van der Waals surface area contributed by atoms with Crippen LogP contribution in [0.3, 0.4) is 0 Å². The number of rotatable bonds is 6. The molecule has 1 aromatic rings. The second kappa shape index (κ2) is 6.35. The fraction of sp³-hybridized carbons (Fsp3) is 0.625. The van der Waals surface area contributed by atoms with Crippen molar-refractivity contribution >= 4 is 0 Å². The Bertz CT molecular complexity index is 343. The van der Waals surface area contributed by atoms with Gasteiger partial charge in [-0.05, 0) is 30.5 Å². The number of nitrogens with two attached hydrogens (primary N) is 1. The standard InChI is InChI=1S/C16H28N2/c1-13(2)15(14-9-7-6-8-10-14)18(5)12-16(3,4)11-17/h6-10,13,15H,11-12,17H2,1-5H3. The van der Waals surface area contributed by atoms with E-state index in [-0.39, 0.29) is 5.41 Å². The molecular formula is C16H28N2. The lowest BCUT2D eigenvalue weighted by atomic mass is 9.89. The van der Waals surface area contributed by atoms with Gasteiger partial charge in [-0.25, -0.2) is 0 Å². The van der Waals surface area contributed by atoms with Gasteiger partial charge in [0.05, 0.1) is 0 Å². The van der Waals surface area contributed by atoms with Crippen molar-refractivity contribution in [2.24, 2.45) is 17.1 Å². The summed E-state index contributed by atoms with van der Waals surface area (Å²) >= 11 is 0. The van der Waals surface area contributed by atoms with Crippen molar-refractivity contribution < 1.29 is 0 Å². The molecule has 2 N–H and O–H groups in total. The maximum atomic E-state index is 5.84. The molecule has 0 bridgehead atoms. The van der Waals surface area contributed by atoms with E-state index in [1.165, 1.54) is 5.56 Å². The Hall–Kier alpha value is -0.860. The summed E-state index contributed by atoms with van der Waals surface area (Å²) in [5, 5.41) is 0. The monoisotopic (exact) mass is 248 g/mol. The van der Waals surface area contributed by atoms with Crippen molar-refractivity contribution in [3.8, 4) is 0 Å². The number of nitrogens with zero attached hydrogens (tertiary/aromatic N) is 1. The average molecular weight is 248 g/mol. The fourth-order valence-corrected chi connectivity index (χ4v) is 2.64. The van der Waals surface area contributed by atoms with Gasteiger partial charge in [0.25, 0.3) is 0 Å². The first kappa shape index (κ1) is 15.2. The summed E-state index contributed by atoms with van der Waals surface area (Å²) in [6.07, 6.45) is 0. The minimum absolute atomic E-state index is 0.163. The molecule has 1 atom stereocenters. The van der Waals surface area contributed by atoms with Gasteiger partial charge in [0.1, 0.15) is 0 Å². The maximum absolute atomic E-state index is 5.84. The van der Waals surface area contributed by atoms with Crippen molar-refractivity contribution in [1.82, 2.24) is 4.90 Å². The summed E-state index contributed by atoms with van der Waals surface area (Å²) in [7, 11) is 2.20. The molecule has 0 radical (unpaired) electrons. The highest BCUT2D eigenvalue weighted by molar-refractivity contribution is 5.19. The number of hydrogen-bond donors (Lipinski definition) is 1. The second-order valence-corrected chi connectivity index (χ2v) is 6.38. The van der Waals surface area contributed by atoms with Crippen molar-refractivity contribution in [3.05, 3.63) is 35.9 Å². The molecule has 0 aliphatic carbocycles. The van der Waals surface area contributed by atoms with E-state index in [0.29, 0.717) is 12.0 Å². The highest BCUT2D eigenvalue weighted by atomic mass is 15.1. The zero-order valence-corrected chi connectivity index (χ0v) is 12.5. The highest BCUT2D eigenvalue weighted by Gasteiger charge is 2.25. The zero-order valence-electron chi connectivity index (χ0n) is 12.5. The van der Waals surface area contributed by atoms with Gasteiger partial charge in [0.15, 0.2) is 0 Å². The lowest BCUT2D eigenvalue weighted by Crippen LogP contribution is -2.40. The predicted octanol–water partition coefficient (Wildman–Crippen LogP) is 3.30. The first-order chi connectivity index (χ1) is 8.37. The SMILES string of the molecule is CC(C)C(c1ccccc1)N(C)CC(C)(C)CN. The van der Waals surface area contributed by atoms with Gasteiger partial charge in [-0.15, -0.1) is 0 Å². The summed E-state index contributed by atoms with van der Waals surface area (Å²) in [5.41, 5.74) is 7.40. The van der Waals surface area contributed by atoms with Gasteiger partial charge < -0.3 is 5.73 Å². The van der Waals surface area contributed by atoms with Crippen LogP contribution in [0.2, 0.25) is 0 Å². The van der Waals surface area contributed by atoms with Gasteiger partial charge in [0.2, 0.25) is 0 Å². The lowest BCUT2D eigenvalue weighted by molar-refractivity contribution is 0.134. The summed E-state index contributed by atoms with van der Waals surface area (Å²) in [4.78, 5) is 2.44. The molecule has 2 heteroatoms. The summed E-state index contributed by atoms with van der Waals surface area (Å²) in [6.45, 7) is 10.8. The van der Waals surface area contributed by atoms with E-state index in [4.69, 9.17) is 5.73 Å². The van der Waals surface area contributed by atoms with E-state index in [9.17, 15) is 0 Å². The third kappa shape index (κ3) is 4.11. The minimum atomic E-state index is 0.163. The van der Waals surface area contributed by atoms with Crippen LogP contribution in [0.25, 0.3) is 0 Å². The smallest absolute Gasteiger partial charge is 0.0368 e. The molecule has 1 rings (SSSR count). The van der Waals surface area contributed by atoms with Crippen molar-refractivity contribution in [3.63, 3.8) is 0 Å². The molecule has 18 heavy (non-hydrogen) atoms. The average Bonchev–Trinajstić information content (AvgIpc) is 2.29. The van der Waals surface area contributed by atoms with E-state index >= 15 is 0 Å². The molecular weight excluding hydrogens is 220 g/mol. The van der Waals surface area contributed by atoms with Gasteiger partial charge in [-0.3, -0.25) is 4.90 Å². The van der Waals surface area contributed by atoms with Crippen LogP contribution in [-0.2, 0) is 0 Å². The van der Waals surface area contributed by atoms with E-state index in [2.05, 4.69) is 70.0 Å². The molecule has 0 aliphatic rings. The van der Waals surface area contributed by atoms with E-state index in [1.807, 2.05) is 0 Å². The fourth-order valence-electron chi connectivity index (χ4n) is 2.64. The van der Waals surface area contributed by atoms with Crippen molar-refractivity contribution in [2.75, 3.05) is 20.1 Å². The van der Waals surface area contributed by atoms with E-state index in [0.717, 1.165) is 13.1 Å². The highest BCUT2D eigenvalue weighted by Crippen LogP contribution is 2.29. The summed E-state index contributed by atoms with van der Waals surface area (Å²) in [5.74, 6) is 0.589. The Labute approximate surface area is 112 Å². The second-order valence-electron chi connectivity index (χ2n) is 6.38. The van der Waals surface area contributed by atoms with Crippen LogP contribution in [0.4, 0.5) is 0 Å². The predicted molar refractivity (Wildman–Crippen MR) is 79.5 cm³/mol. The first-order valence-corrected chi connectivity index (χ1v) is 6.82. The van der Waals surface area contributed by atoms with E-state index < -0.39 is 0 Å². The Morgan fingerprint density at radius 1 is 1.17 bits per heavy atom. The molecule has 0 amide bonds. The first-order valence-electron chi connectivity index (χ1n) is 6.82. The zero-order chi connectivity index (χ0) is 13.8. The normalized spacial score (nSPS) is 14.2. The number of benzene rings is 1. The quantitative estimate of drug-likeness (QED) is 0.837. The molecule has 102 valence electrons. The van der Waals surface area contributed by atoms with Gasteiger partial charge >= 0.3 is 0 Å². The third-order valence-corrected chi connectivity index (χ3v) is 3.48. The maximum Gasteiger partial charge on any atom is 0.0368 e. The van der Waals surface area contributed by atoms with E-state index in [1.54, 1.807) is 0 Å². The number of hydrogen-bond acceptors (Lipinski definition) is 2. The molecule has 0 saturated carbocycles. The third-order valence-electron chi connectivity index (χ3n) is 3.48. The van der Waals surface area contributed by atoms with Gasteiger partial charge in [0, 0.05) is 12.6 Å². The lowest BCUT2D eigenvalue weighted by Gasteiger charge is -2.37. The van der Waals surface area contributed by atoms with Crippen LogP contribution in [0, 0.1) is 11.3 Å². The molecule has 0 saturated heterocycles. The Morgan fingerprint density at radius 2 is 1.72 bits per heavy atom. The van der Waals surface area contributed by atoms with Crippen LogP contribution < -0.4 is 5.73 Å². The summed E-state index contributed by atoms with van der Waals surface area (Å²) in [6, 6.07) is 11.2. The topological polar surface area (TPSA) is 29.3 Å². The van der Waals surface area contributed by atoms with Crippen LogP contribution in [-0.4, -0.2) is 25.0 Å². The molecule has 0 fully saturated rings. The largest absolute Gasteiger partial charge is 0.330 e. The van der Waals surface area contributed by atoms with Gasteiger partial charge in [-0.1, -0.05) is 58.0 Å². The molecule has 2 nitrogen and oxygen atoms in total. The van der Waals surface area contributed by atoms with Crippen LogP contribution in [0.5, 0.6) is 0 Å². The van der Waals surface area contributed by atoms with Crippen LogP contribution >= 0.6 is 0 Å². The Morgan fingerprint density at radius 3 is 2.17 bits per heavy atom. The van der Waals surface area contributed by atoms with Crippen molar-refractivity contribution in [1.29, 1.82) is 0 Å². The molecule has 0 aliphatic heterocycles. The molecule has 1 aromatic carbocycles. The van der Waals surface area contributed by atoms with Crippen LogP contribution in [0.15, 0.2) is 30.3 Å². The summed E-state index contributed by atoms with van der Waals surface area (Å²) < 4.78 is 0. The molecule has 0 aromatic heterocycles. The van der Waals surface area contributed by atoms with Gasteiger partial charge in [-0.2, -0.15) is 0 Å².